The van der Waals surface area contributed by atoms with E-state index in [4.69, 9.17) is 4.74 Å². The summed E-state index contributed by atoms with van der Waals surface area (Å²) in [6.07, 6.45) is 0. The van der Waals surface area contributed by atoms with Crippen LogP contribution in [0, 0.1) is 6.92 Å². The average Bonchev–Trinajstić information content (AvgIpc) is 2.73. The number of carbonyl (C=O) groups is 1. The first-order valence-electron chi connectivity index (χ1n) is 5.97. The topological polar surface area (TPSA) is 45.7 Å². The summed E-state index contributed by atoms with van der Waals surface area (Å²) in [5, 5.41) is 1.00. The third-order valence-electron chi connectivity index (χ3n) is 3.32. The van der Waals surface area contributed by atoms with Gasteiger partial charge in [-0.3, -0.25) is 4.90 Å². The van der Waals surface area contributed by atoms with Crippen LogP contribution in [0.2, 0.25) is 0 Å². The van der Waals surface area contributed by atoms with Crippen LogP contribution in [0.5, 0.6) is 0 Å². The van der Waals surface area contributed by atoms with Crippen LogP contribution in [0.4, 0.5) is 0 Å². The number of rotatable bonds is 2. The molecule has 0 amide bonds. The summed E-state index contributed by atoms with van der Waals surface area (Å²) in [6, 6.07) is 0.269. The number of aromatic nitrogens is 1. The lowest BCUT2D eigenvalue weighted by Crippen LogP contribution is -2.44. The van der Waals surface area contributed by atoms with Crippen molar-refractivity contribution in [1.82, 2.24) is 14.8 Å². The summed E-state index contributed by atoms with van der Waals surface area (Å²) < 4.78 is 4.77. The fourth-order valence-electron chi connectivity index (χ4n) is 2.12. The van der Waals surface area contributed by atoms with Gasteiger partial charge in [0.15, 0.2) is 0 Å². The van der Waals surface area contributed by atoms with Gasteiger partial charge < -0.3 is 9.64 Å². The molecule has 0 N–H and O–H groups in total. The van der Waals surface area contributed by atoms with Crippen molar-refractivity contribution in [2.24, 2.45) is 0 Å². The standard InChI is InChI=1S/C12H19N3O2S/c1-8-10(12(16)17-4)18-11(13-8)9-7-14(2)5-6-15(9)3/h9H,5-7H2,1-4H3. The smallest absolute Gasteiger partial charge is 0.349 e. The summed E-state index contributed by atoms with van der Waals surface area (Å²) in [5.74, 6) is -0.289. The molecule has 1 atom stereocenters. The SMILES string of the molecule is COC(=O)c1sc(C2CN(C)CCN2C)nc1C. The quantitative estimate of drug-likeness (QED) is 0.754. The number of piperazine rings is 1. The minimum absolute atomic E-state index is 0.269. The van der Waals surface area contributed by atoms with Crippen molar-refractivity contribution in [3.05, 3.63) is 15.6 Å². The number of nitrogens with zero attached hydrogens (tertiary/aromatic N) is 3. The molecule has 0 spiro atoms. The van der Waals surface area contributed by atoms with Crippen LogP contribution in [-0.2, 0) is 4.74 Å². The predicted octanol–water partition coefficient (Wildman–Crippen LogP) is 1.16. The van der Waals surface area contributed by atoms with Gasteiger partial charge in [-0.2, -0.15) is 0 Å². The Bertz CT molecular complexity index is 447. The number of methoxy groups -OCH3 is 1. The van der Waals surface area contributed by atoms with Gasteiger partial charge in [0.1, 0.15) is 9.88 Å². The summed E-state index contributed by atoms with van der Waals surface area (Å²) in [7, 11) is 5.62. The number of carbonyl (C=O) groups excluding carboxylic acids is 1. The van der Waals surface area contributed by atoms with E-state index in [0.717, 1.165) is 30.3 Å². The third-order valence-corrected chi connectivity index (χ3v) is 4.56. The summed E-state index contributed by atoms with van der Waals surface area (Å²) in [5.41, 5.74) is 0.767. The molecule has 18 heavy (non-hydrogen) atoms. The summed E-state index contributed by atoms with van der Waals surface area (Å²) in [6.45, 7) is 4.90. The van der Waals surface area contributed by atoms with Gasteiger partial charge >= 0.3 is 5.97 Å². The molecule has 2 heterocycles. The summed E-state index contributed by atoms with van der Waals surface area (Å²) >= 11 is 1.45. The Balaban J connectivity index is 2.25. The first-order chi connectivity index (χ1) is 8.52. The lowest BCUT2D eigenvalue weighted by Gasteiger charge is -2.36. The Morgan fingerprint density at radius 2 is 2.17 bits per heavy atom. The zero-order valence-corrected chi connectivity index (χ0v) is 12.1. The van der Waals surface area contributed by atoms with Crippen LogP contribution in [-0.4, -0.2) is 61.6 Å². The molecule has 100 valence electrons. The Morgan fingerprint density at radius 1 is 1.44 bits per heavy atom. The molecule has 1 aromatic rings. The van der Waals surface area contributed by atoms with Gasteiger partial charge in [-0.15, -0.1) is 11.3 Å². The minimum atomic E-state index is -0.289. The minimum Gasteiger partial charge on any atom is -0.465 e. The largest absolute Gasteiger partial charge is 0.465 e. The highest BCUT2D eigenvalue weighted by Gasteiger charge is 2.28. The fraction of sp³-hybridized carbons (Fsp3) is 0.667. The van der Waals surface area contributed by atoms with Crippen LogP contribution in [0.15, 0.2) is 0 Å². The third kappa shape index (κ3) is 2.55. The van der Waals surface area contributed by atoms with Crippen molar-refractivity contribution >= 4 is 17.3 Å². The number of esters is 1. The average molecular weight is 269 g/mol. The number of hydrogen-bond donors (Lipinski definition) is 0. The van der Waals surface area contributed by atoms with E-state index in [1.165, 1.54) is 18.4 Å². The van der Waals surface area contributed by atoms with Crippen molar-refractivity contribution in [3.8, 4) is 0 Å². The Morgan fingerprint density at radius 3 is 2.83 bits per heavy atom. The van der Waals surface area contributed by atoms with Crippen LogP contribution < -0.4 is 0 Å². The molecule has 1 unspecified atom stereocenters. The summed E-state index contributed by atoms with van der Waals surface area (Å²) in [4.78, 5) is 21.3. The van der Waals surface area contributed by atoms with E-state index in [1.54, 1.807) is 0 Å². The van der Waals surface area contributed by atoms with Crippen LogP contribution in [0.3, 0.4) is 0 Å². The fourth-order valence-corrected chi connectivity index (χ4v) is 3.26. The number of likely N-dealkylation sites (N-methyl/N-ethyl adjacent to an activating group) is 2. The van der Waals surface area contributed by atoms with Crippen LogP contribution in [0.1, 0.15) is 26.4 Å². The highest BCUT2D eigenvalue weighted by atomic mass is 32.1. The lowest BCUT2D eigenvalue weighted by molar-refractivity contribution is 0.0605. The van der Waals surface area contributed by atoms with Crippen molar-refractivity contribution in [2.75, 3.05) is 40.8 Å². The van der Waals surface area contributed by atoms with Gasteiger partial charge in [0.25, 0.3) is 0 Å². The molecule has 1 saturated heterocycles. The van der Waals surface area contributed by atoms with E-state index in [1.807, 2.05) is 6.92 Å². The maximum absolute atomic E-state index is 11.6. The molecular formula is C12H19N3O2S. The maximum atomic E-state index is 11.6. The lowest BCUT2D eigenvalue weighted by atomic mass is 10.2. The van der Waals surface area contributed by atoms with Gasteiger partial charge in [0.2, 0.25) is 0 Å². The first kappa shape index (κ1) is 13.5. The molecule has 0 bridgehead atoms. The molecule has 1 aliphatic rings. The molecule has 0 radical (unpaired) electrons. The second kappa shape index (κ2) is 5.34. The molecule has 1 aliphatic heterocycles. The Kier molecular flexibility index (Phi) is 3.99. The zero-order chi connectivity index (χ0) is 13.3. The zero-order valence-electron chi connectivity index (χ0n) is 11.3. The molecule has 0 aliphatic carbocycles. The molecule has 0 aromatic carbocycles. The van der Waals surface area contributed by atoms with E-state index < -0.39 is 0 Å². The Labute approximate surface area is 111 Å². The molecule has 0 saturated carbocycles. The van der Waals surface area contributed by atoms with Crippen molar-refractivity contribution < 1.29 is 9.53 Å². The van der Waals surface area contributed by atoms with E-state index in [2.05, 4.69) is 28.9 Å². The van der Waals surface area contributed by atoms with Gasteiger partial charge in [-0.25, -0.2) is 9.78 Å². The number of thiazole rings is 1. The van der Waals surface area contributed by atoms with E-state index in [0.29, 0.717) is 4.88 Å². The molecule has 1 fully saturated rings. The number of hydrogen-bond acceptors (Lipinski definition) is 6. The maximum Gasteiger partial charge on any atom is 0.349 e. The second-order valence-electron chi connectivity index (χ2n) is 4.72. The molecule has 1 aromatic heterocycles. The van der Waals surface area contributed by atoms with Crippen molar-refractivity contribution in [3.63, 3.8) is 0 Å². The van der Waals surface area contributed by atoms with Crippen LogP contribution in [0.25, 0.3) is 0 Å². The van der Waals surface area contributed by atoms with Crippen molar-refractivity contribution in [2.45, 2.75) is 13.0 Å². The van der Waals surface area contributed by atoms with E-state index in [-0.39, 0.29) is 12.0 Å². The van der Waals surface area contributed by atoms with E-state index >= 15 is 0 Å². The van der Waals surface area contributed by atoms with Gasteiger partial charge in [0, 0.05) is 19.6 Å². The molecule has 5 nitrogen and oxygen atoms in total. The Hall–Kier alpha value is -0.980. The number of ether oxygens (including phenoxy) is 1. The van der Waals surface area contributed by atoms with Gasteiger partial charge in [-0.05, 0) is 21.0 Å². The first-order valence-corrected chi connectivity index (χ1v) is 6.79. The highest BCUT2D eigenvalue weighted by molar-refractivity contribution is 7.13. The van der Waals surface area contributed by atoms with Crippen LogP contribution >= 0.6 is 11.3 Å². The number of aryl methyl sites for hydroxylation is 1. The highest BCUT2D eigenvalue weighted by Crippen LogP contribution is 2.29. The van der Waals surface area contributed by atoms with E-state index in [9.17, 15) is 4.79 Å². The molecule has 6 heteroatoms. The second-order valence-corrected chi connectivity index (χ2v) is 5.75. The predicted molar refractivity (Wildman–Crippen MR) is 71.1 cm³/mol. The molecular weight excluding hydrogens is 250 g/mol. The normalized spacial score (nSPS) is 22.1. The molecule has 2 rings (SSSR count). The van der Waals surface area contributed by atoms with Gasteiger partial charge in [-0.1, -0.05) is 0 Å². The monoisotopic (exact) mass is 269 g/mol. The van der Waals surface area contributed by atoms with Crippen molar-refractivity contribution in [1.29, 1.82) is 0 Å². The van der Waals surface area contributed by atoms with Gasteiger partial charge in [0.05, 0.1) is 18.8 Å².